The highest BCUT2D eigenvalue weighted by molar-refractivity contribution is 4.89. The third-order valence-corrected chi connectivity index (χ3v) is 4.40. The molecule has 1 atom stereocenters. The van der Waals surface area contributed by atoms with E-state index in [-0.39, 0.29) is 0 Å². The average Bonchev–Trinajstić information content (AvgIpc) is 2.23. The number of ether oxygens (including phenoxy) is 1. The van der Waals surface area contributed by atoms with Gasteiger partial charge in [0.15, 0.2) is 0 Å². The van der Waals surface area contributed by atoms with Crippen molar-refractivity contribution in [2.45, 2.75) is 50.8 Å². The summed E-state index contributed by atoms with van der Waals surface area (Å²) in [5.74, 6) is 0.873. The molecule has 1 aliphatic heterocycles. The van der Waals surface area contributed by atoms with Crippen molar-refractivity contribution < 1.29 is 4.74 Å². The summed E-state index contributed by atoms with van der Waals surface area (Å²) in [5, 5.41) is 3.77. The maximum Gasteiger partial charge on any atom is 0.0601 e. The van der Waals surface area contributed by atoms with Gasteiger partial charge in [-0.15, -0.1) is 0 Å². The zero-order valence-corrected chi connectivity index (χ0v) is 10.9. The molecule has 1 N–H and O–H groups in total. The Labute approximate surface area is 99.5 Å². The van der Waals surface area contributed by atoms with E-state index in [2.05, 4.69) is 24.2 Å². The normalized spacial score (nSPS) is 34.7. The second-order valence-corrected chi connectivity index (χ2v) is 5.62. The van der Waals surface area contributed by atoms with Crippen molar-refractivity contribution in [1.82, 2.24) is 10.2 Å². The van der Waals surface area contributed by atoms with Crippen molar-refractivity contribution in [1.29, 1.82) is 0 Å². The highest BCUT2D eigenvalue weighted by Crippen LogP contribution is 2.26. The topological polar surface area (TPSA) is 24.5 Å². The van der Waals surface area contributed by atoms with E-state index in [1.807, 2.05) is 7.11 Å². The second kappa shape index (κ2) is 5.48. The van der Waals surface area contributed by atoms with E-state index in [4.69, 9.17) is 4.74 Å². The summed E-state index contributed by atoms with van der Waals surface area (Å²) in [4.78, 5) is 2.44. The number of likely N-dealkylation sites (tertiary alicyclic amines) is 1. The van der Waals surface area contributed by atoms with Gasteiger partial charge in [-0.05, 0) is 58.7 Å². The number of nitrogens with zero attached hydrogens (tertiary/aromatic N) is 1. The molecule has 1 unspecified atom stereocenters. The summed E-state index contributed by atoms with van der Waals surface area (Å²) >= 11 is 0. The summed E-state index contributed by atoms with van der Waals surface area (Å²) in [7, 11) is 4.05. The minimum absolute atomic E-state index is 0.516. The summed E-state index contributed by atoms with van der Waals surface area (Å²) < 4.78 is 5.31. The lowest BCUT2D eigenvalue weighted by molar-refractivity contribution is 0.0112. The van der Waals surface area contributed by atoms with Gasteiger partial charge in [0, 0.05) is 19.2 Å². The highest BCUT2D eigenvalue weighted by atomic mass is 16.5. The van der Waals surface area contributed by atoms with E-state index >= 15 is 0 Å². The number of hydrogen-bond acceptors (Lipinski definition) is 3. The molecule has 3 nitrogen and oxygen atoms in total. The largest absolute Gasteiger partial charge is 0.381 e. The Morgan fingerprint density at radius 3 is 2.44 bits per heavy atom. The Kier molecular flexibility index (Phi) is 4.22. The van der Waals surface area contributed by atoms with Gasteiger partial charge in [-0.1, -0.05) is 0 Å². The molecule has 1 saturated heterocycles. The fourth-order valence-electron chi connectivity index (χ4n) is 2.93. The molecule has 0 radical (unpaired) electrons. The van der Waals surface area contributed by atoms with Crippen molar-refractivity contribution in [3.05, 3.63) is 0 Å². The van der Waals surface area contributed by atoms with Crippen molar-refractivity contribution in [3.63, 3.8) is 0 Å². The fourth-order valence-corrected chi connectivity index (χ4v) is 2.93. The lowest BCUT2D eigenvalue weighted by Crippen LogP contribution is -2.51. The second-order valence-electron chi connectivity index (χ2n) is 5.62. The lowest BCUT2D eigenvalue weighted by Gasteiger charge is -2.40. The molecule has 0 bridgehead atoms. The minimum atomic E-state index is 0.516. The molecule has 1 heterocycles. The average molecular weight is 226 g/mol. The van der Waals surface area contributed by atoms with Gasteiger partial charge in [-0.25, -0.2) is 0 Å². The number of piperidine rings is 1. The number of hydrogen-bond donors (Lipinski definition) is 1. The van der Waals surface area contributed by atoms with Crippen molar-refractivity contribution in [2.75, 3.05) is 27.2 Å². The molecule has 1 saturated carbocycles. The van der Waals surface area contributed by atoms with Gasteiger partial charge in [-0.2, -0.15) is 0 Å². The first-order chi connectivity index (χ1) is 7.69. The van der Waals surface area contributed by atoms with Gasteiger partial charge in [0.05, 0.1) is 6.10 Å². The van der Waals surface area contributed by atoms with Gasteiger partial charge in [0.2, 0.25) is 0 Å². The lowest BCUT2D eigenvalue weighted by atomic mass is 9.85. The highest BCUT2D eigenvalue weighted by Gasteiger charge is 2.31. The summed E-state index contributed by atoms with van der Waals surface area (Å²) in [6.07, 6.45) is 5.62. The fraction of sp³-hybridized carbons (Fsp3) is 1.00. The van der Waals surface area contributed by atoms with Crippen molar-refractivity contribution >= 4 is 0 Å². The van der Waals surface area contributed by atoms with E-state index in [1.165, 1.54) is 38.8 Å². The molecule has 2 rings (SSSR count). The Hall–Kier alpha value is -0.120. The smallest absolute Gasteiger partial charge is 0.0601 e. The molecule has 0 aromatic rings. The van der Waals surface area contributed by atoms with Crippen LogP contribution in [0, 0.1) is 5.92 Å². The molecular weight excluding hydrogens is 200 g/mol. The number of methoxy groups -OCH3 is 1. The molecule has 16 heavy (non-hydrogen) atoms. The molecule has 2 fully saturated rings. The Bertz CT molecular complexity index is 208. The molecule has 3 heteroatoms. The van der Waals surface area contributed by atoms with E-state index < -0.39 is 0 Å². The molecule has 0 amide bonds. The maximum atomic E-state index is 5.31. The standard InChI is InChI=1S/C13H26N2O/c1-10(11-4-6-15(2)7-5-11)14-12-8-13(9-12)16-3/h10-14H,4-9H2,1-3H3. The van der Waals surface area contributed by atoms with Crippen molar-refractivity contribution in [3.8, 4) is 0 Å². The van der Waals surface area contributed by atoms with E-state index in [9.17, 15) is 0 Å². The van der Waals surface area contributed by atoms with Gasteiger partial charge < -0.3 is 15.0 Å². The molecule has 1 aliphatic carbocycles. The van der Waals surface area contributed by atoms with Crippen LogP contribution in [0.4, 0.5) is 0 Å². The first-order valence-corrected chi connectivity index (χ1v) is 6.66. The predicted octanol–water partition coefficient (Wildman–Crippen LogP) is 1.48. The first-order valence-electron chi connectivity index (χ1n) is 6.66. The zero-order chi connectivity index (χ0) is 11.5. The van der Waals surface area contributed by atoms with Crippen LogP contribution in [0.25, 0.3) is 0 Å². The molecular formula is C13H26N2O. The maximum absolute atomic E-state index is 5.31. The van der Waals surface area contributed by atoms with Crippen LogP contribution in [0.3, 0.4) is 0 Å². The third kappa shape index (κ3) is 2.96. The number of nitrogens with one attached hydrogen (secondary N) is 1. The van der Waals surface area contributed by atoms with Crippen LogP contribution in [-0.4, -0.2) is 50.3 Å². The van der Waals surface area contributed by atoms with Crippen LogP contribution in [0.1, 0.15) is 32.6 Å². The number of rotatable bonds is 4. The van der Waals surface area contributed by atoms with Crippen LogP contribution >= 0.6 is 0 Å². The van der Waals surface area contributed by atoms with Crippen LogP contribution in [0.2, 0.25) is 0 Å². The van der Waals surface area contributed by atoms with Gasteiger partial charge in [0.25, 0.3) is 0 Å². The summed E-state index contributed by atoms with van der Waals surface area (Å²) in [5.41, 5.74) is 0. The monoisotopic (exact) mass is 226 g/mol. The molecule has 94 valence electrons. The molecule has 2 aliphatic rings. The summed E-state index contributed by atoms with van der Waals surface area (Å²) in [6, 6.07) is 1.39. The van der Waals surface area contributed by atoms with Crippen molar-refractivity contribution in [2.24, 2.45) is 5.92 Å². The Morgan fingerprint density at radius 2 is 1.88 bits per heavy atom. The van der Waals surface area contributed by atoms with Crippen LogP contribution in [0.15, 0.2) is 0 Å². The Morgan fingerprint density at radius 1 is 1.25 bits per heavy atom. The SMILES string of the molecule is COC1CC(NC(C)C2CCN(C)CC2)C1. The Balaban J connectivity index is 1.66. The van der Waals surface area contributed by atoms with E-state index in [0.717, 1.165) is 5.92 Å². The van der Waals surface area contributed by atoms with Crippen LogP contribution < -0.4 is 5.32 Å². The first kappa shape index (κ1) is 12.3. The van der Waals surface area contributed by atoms with Gasteiger partial charge >= 0.3 is 0 Å². The molecule has 0 spiro atoms. The van der Waals surface area contributed by atoms with Gasteiger partial charge in [0.1, 0.15) is 0 Å². The summed E-state index contributed by atoms with van der Waals surface area (Å²) in [6.45, 7) is 4.89. The third-order valence-electron chi connectivity index (χ3n) is 4.40. The predicted molar refractivity (Wildman–Crippen MR) is 66.6 cm³/mol. The van der Waals surface area contributed by atoms with E-state index in [1.54, 1.807) is 0 Å². The van der Waals surface area contributed by atoms with E-state index in [0.29, 0.717) is 18.2 Å². The van der Waals surface area contributed by atoms with Crippen LogP contribution in [0.5, 0.6) is 0 Å². The molecule has 0 aromatic carbocycles. The van der Waals surface area contributed by atoms with Crippen LogP contribution in [-0.2, 0) is 4.74 Å². The van der Waals surface area contributed by atoms with Gasteiger partial charge in [-0.3, -0.25) is 0 Å². The molecule has 0 aromatic heterocycles. The quantitative estimate of drug-likeness (QED) is 0.786. The minimum Gasteiger partial charge on any atom is -0.381 e. The zero-order valence-electron chi connectivity index (χ0n) is 10.9.